The van der Waals surface area contributed by atoms with Gasteiger partial charge in [-0.2, -0.15) is 9.36 Å². The van der Waals surface area contributed by atoms with Crippen LogP contribution in [-0.2, 0) is 9.59 Å². The van der Waals surface area contributed by atoms with Crippen LogP contribution in [0.25, 0.3) is 0 Å². The van der Waals surface area contributed by atoms with Crippen LogP contribution >= 0.6 is 11.5 Å². The highest BCUT2D eigenvalue weighted by Crippen LogP contribution is 2.29. The number of aliphatic hydroxyl groups is 1. The Bertz CT molecular complexity index is 609. The molecule has 0 radical (unpaired) electrons. The Balaban J connectivity index is 1.57. The summed E-state index contributed by atoms with van der Waals surface area (Å²) in [6, 6.07) is -0.887. The Hall–Kier alpha value is -1.94. The molecule has 3 rings (SSSR count). The first-order chi connectivity index (χ1) is 11.5. The molecule has 2 unspecified atom stereocenters. The number of nitrogens with one attached hydrogen (secondary N) is 1. The zero-order chi connectivity index (χ0) is 17.3. The molecule has 1 saturated carbocycles. The number of nitrogens with two attached hydrogens (primary N) is 1. The van der Waals surface area contributed by atoms with Crippen LogP contribution in [0.15, 0.2) is 0 Å². The van der Waals surface area contributed by atoms with Crippen LogP contribution in [0, 0.1) is 5.92 Å². The summed E-state index contributed by atoms with van der Waals surface area (Å²) >= 11 is 1.23. The molecule has 132 valence electrons. The molecule has 1 aromatic rings. The quantitative estimate of drug-likeness (QED) is 0.622. The third-order valence-electron chi connectivity index (χ3n) is 4.29. The van der Waals surface area contributed by atoms with E-state index >= 15 is 0 Å². The number of carbonyl (C=O) groups excluding carboxylic acids is 2. The molecule has 10 heteroatoms. The van der Waals surface area contributed by atoms with Crippen LogP contribution in [0.5, 0.6) is 0 Å². The lowest BCUT2D eigenvalue weighted by Crippen LogP contribution is -2.58. The van der Waals surface area contributed by atoms with Gasteiger partial charge in [0.1, 0.15) is 6.04 Å². The third kappa shape index (κ3) is 3.75. The summed E-state index contributed by atoms with van der Waals surface area (Å²) in [5.74, 6) is -0.128. The van der Waals surface area contributed by atoms with Gasteiger partial charge in [-0.25, -0.2) is 0 Å². The molecule has 1 saturated heterocycles. The van der Waals surface area contributed by atoms with Crippen molar-refractivity contribution in [2.45, 2.75) is 31.9 Å². The summed E-state index contributed by atoms with van der Waals surface area (Å²) in [5.41, 5.74) is 5.54. The first kappa shape index (κ1) is 16.9. The molecule has 24 heavy (non-hydrogen) atoms. The maximum atomic E-state index is 12.7. The number of rotatable bonds is 5. The average Bonchev–Trinajstić information content (AvgIpc) is 3.33. The van der Waals surface area contributed by atoms with E-state index in [1.165, 1.54) is 18.5 Å². The van der Waals surface area contributed by atoms with E-state index in [9.17, 15) is 14.7 Å². The van der Waals surface area contributed by atoms with E-state index in [-0.39, 0.29) is 23.7 Å². The molecule has 2 aliphatic rings. The van der Waals surface area contributed by atoms with E-state index in [4.69, 9.17) is 5.73 Å². The molecule has 1 aliphatic carbocycles. The molecule has 2 fully saturated rings. The second-order valence-electron chi connectivity index (χ2n) is 6.25. The lowest BCUT2D eigenvalue weighted by molar-refractivity contribution is -0.139. The number of aromatic nitrogens is 2. The molecule has 9 nitrogen and oxygen atoms in total. The number of anilines is 2. The van der Waals surface area contributed by atoms with E-state index in [1.54, 1.807) is 4.90 Å². The Kier molecular flexibility index (Phi) is 4.86. The summed E-state index contributed by atoms with van der Waals surface area (Å²) in [7, 11) is 0. The molecule has 1 aliphatic heterocycles. The molecule has 2 heterocycles. The van der Waals surface area contributed by atoms with E-state index < -0.39 is 12.1 Å². The van der Waals surface area contributed by atoms with Gasteiger partial charge in [0.05, 0.1) is 6.10 Å². The number of hydrogen-bond acceptors (Lipinski definition) is 8. The first-order valence-electron chi connectivity index (χ1n) is 8.07. The van der Waals surface area contributed by atoms with Crippen molar-refractivity contribution < 1.29 is 14.7 Å². The summed E-state index contributed by atoms with van der Waals surface area (Å²) in [5, 5.41) is 13.3. The average molecular weight is 354 g/mol. The Labute approximate surface area is 144 Å². The third-order valence-corrected chi connectivity index (χ3v) is 5.08. The van der Waals surface area contributed by atoms with Gasteiger partial charge in [0.25, 0.3) is 0 Å². The van der Waals surface area contributed by atoms with Gasteiger partial charge >= 0.3 is 0 Å². The lowest BCUT2D eigenvalue weighted by atomic mass is 10.1. The van der Waals surface area contributed by atoms with Crippen molar-refractivity contribution >= 4 is 34.4 Å². The van der Waals surface area contributed by atoms with Gasteiger partial charge in [-0.15, -0.1) is 0 Å². The number of amides is 2. The molecule has 0 spiro atoms. The number of hydrogen-bond donors (Lipinski definition) is 3. The van der Waals surface area contributed by atoms with Crippen LogP contribution in [0.2, 0.25) is 0 Å². The lowest BCUT2D eigenvalue weighted by Gasteiger charge is -2.36. The maximum Gasteiger partial charge on any atom is 0.247 e. The van der Waals surface area contributed by atoms with E-state index in [0.29, 0.717) is 26.2 Å². The van der Waals surface area contributed by atoms with Crippen LogP contribution in [0.3, 0.4) is 0 Å². The van der Waals surface area contributed by atoms with E-state index in [1.807, 2.05) is 4.90 Å². The second-order valence-corrected chi connectivity index (χ2v) is 6.98. The number of piperazine rings is 1. The smallest absolute Gasteiger partial charge is 0.247 e. The van der Waals surface area contributed by atoms with Crippen molar-refractivity contribution in [2.24, 2.45) is 5.92 Å². The minimum absolute atomic E-state index is 0.00115. The predicted molar refractivity (Wildman–Crippen MR) is 89.4 cm³/mol. The van der Waals surface area contributed by atoms with Gasteiger partial charge in [0.15, 0.2) is 0 Å². The summed E-state index contributed by atoms with van der Waals surface area (Å²) < 4.78 is 3.96. The number of nitrogens with zero attached hydrogens (tertiary/aromatic N) is 4. The van der Waals surface area contributed by atoms with E-state index in [2.05, 4.69) is 14.7 Å². The molecular weight excluding hydrogens is 332 g/mol. The van der Waals surface area contributed by atoms with E-state index in [0.717, 1.165) is 18.0 Å². The SMILES string of the molecule is CC(O)C(NC(=O)C1CC1)C(=O)N1CCN(c2nc(N)ns2)CC1. The second kappa shape index (κ2) is 6.89. The molecule has 1 aromatic heterocycles. The number of carbonyl (C=O) groups is 2. The number of aliphatic hydroxyl groups excluding tert-OH is 1. The Morgan fingerprint density at radius 1 is 1.33 bits per heavy atom. The minimum Gasteiger partial charge on any atom is -0.391 e. The molecule has 2 amide bonds. The highest BCUT2D eigenvalue weighted by molar-refractivity contribution is 7.09. The monoisotopic (exact) mass is 354 g/mol. The highest BCUT2D eigenvalue weighted by Gasteiger charge is 2.36. The van der Waals surface area contributed by atoms with Crippen molar-refractivity contribution in [3.05, 3.63) is 0 Å². The molecule has 0 aromatic carbocycles. The van der Waals surface area contributed by atoms with Gasteiger partial charge < -0.3 is 26.0 Å². The molecule has 2 atom stereocenters. The first-order valence-corrected chi connectivity index (χ1v) is 8.84. The minimum atomic E-state index is -0.929. The van der Waals surface area contributed by atoms with Crippen LogP contribution in [0.1, 0.15) is 19.8 Å². The van der Waals surface area contributed by atoms with Crippen LogP contribution < -0.4 is 16.0 Å². The van der Waals surface area contributed by atoms with Crippen LogP contribution in [-0.4, -0.2) is 69.5 Å². The Morgan fingerprint density at radius 3 is 2.50 bits per heavy atom. The fraction of sp³-hybridized carbons (Fsp3) is 0.714. The van der Waals surface area contributed by atoms with Gasteiger partial charge in [-0.05, 0) is 19.8 Å². The predicted octanol–water partition coefficient (Wildman–Crippen LogP) is -0.955. The largest absolute Gasteiger partial charge is 0.391 e. The standard InChI is InChI=1S/C14H22N6O3S/c1-8(21)10(16-11(22)9-2-3-9)12(23)19-4-6-20(7-5-19)14-17-13(15)18-24-14/h8-10,21H,2-7H2,1H3,(H2,15,18)(H,16,22). The fourth-order valence-electron chi connectivity index (χ4n) is 2.67. The number of nitrogen functional groups attached to an aromatic ring is 1. The van der Waals surface area contributed by atoms with Gasteiger partial charge in [-0.1, -0.05) is 0 Å². The van der Waals surface area contributed by atoms with Gasteiger partial charge in [0, 0.05) is 43.6 Å². The zero-order valence-electron chi connectivity index (χ0n) is 13.5. The van der Waals surface area contributed by atoms with Crippen LogP contribution in [0.4, 0.5) is 11.1 Å². The summed E-state index contributed by atoms with van der Waals surface area (Å²) in [6.07, 6.45) is 0.785. The fourth-order valence-corrected chi connectivity index (χ4v) is 3.32. The van der Waals surface area contributed by atoms with Crippen molar-refractivity contribution in [1.82, 2.24) is 19.6 Å². The van der Waals surface area contributed by atoms with Crippen molar-refractivity contribution in [1.29, 1.82) is 0 Å². The van der Waals surface area contributed by atoms with Gasteiger partial charge in [0.2, 0.25) is 22.9 Å². The molecule has 0 bridgehead atoms. The summed E-state index contributed by atoms with van der Waals surface area (Å²) in [6.45, 7) is 3.75. The maximum absolute atomic E-state index is 12.7. The molecular formula is C14H22N6O3S. The van der Waals surface area contributed by atoms with Crippen molar-refractivity contribution in [3.63, 3.8) is 0 Å². The molecule has 4 N–H and O–H groups in total. The Morgan fingerprint density at radius 2 is 2.00 bits per heavy atom. The summed E-state index contributed by atoms with van der Waals surface area (Å²) in [4.78, 5) is 32.4. The zero-order valence-corrected chi connectivity index (χ0v) is 14.3. The topological polar surface area (TPSA) is 125 Å². The normalized spacial score (nSPS) is 20.6. The van der Waals surface area contributed by atoms with Crippen molar-refractivity contribution in [2.75, 3.05) is 36.8 Å². The van der Waals surface area contributed by atoms with Gasteiger partial charge in [-0.3, -0.25) is 9.59 Å². The van der Waals surface area contributed by atoms with Crippen molar-refractivity contribution in [3.8, 4) is 0 Å². The highest BCUT2D eigenvalue weighted by atomic mass is 32.1.